The Hall–Kier alpha value is -3.93. The number of hydrogen-bond acceptors (Lipinski definition) is 6. The summed E-state index contributed by atoms with van der Waals surface area (Å²) in [7, 11) is 1.70. The predicted octanol–water partition coefficient (Wildman–Crippen LogP) is 5.01. The Morgan fingerprint density at radius 1 is 0.765 bits per heavy atom. The molecule has 0 bridgehead atoms. The van der Waals surface area contributed by atoms with E-state index >= 15 is 0 Å². The molecule has 1 aromatic heterocycles. The van der Waals surface area contributed by atoms with E-state index in [9.17, 15) is 0 Å². The number of anilines is 2. The molecule has 6 rings (SSSR count). The highest BCUT2D eigenvalue weighted by molar-refractivity contribution is 5.98. The van der Waals surface area contributed by atoms with E-state index in [1.807, 2.05) is 24.3 Å². The lowest BCUT2D eigenvalue weighted by Crippen LogP contribution is -2.46. The number of rotatable bonds is 4. The fraction of sp³-hybridized carbons (Fsp3) is 0.250. The van der Waals surface area contributed by atoms with Crippen LogP contribution in [0.1, 0.15) is 0 Å². The summed E-state index contributed by atoms with van der Waals surface area (Å²) < 4.78 is 17.0. The first-order valence-corrected chi connectivity index (χ1v) is 11.7. The maximum absolute atomic E-state index is 5.86. The topological polar surface area (TPSA) is 47.1 Å². The summed E-state index contributed by atoms with van der Waals surface area (Å²) in [6.45, 7) is 4.83. The van der Waals surface area contributed by atoms with Crippen LogP contribution in [0.4, 0.5) is 11.5 Å². The molecule has 6 nitrogen and oxygen atoms in total. The van der Waals surface area contributed by atoms with E-state index in [1.165, 1.54) is 11.3 Å². The van der Waals surface area contributed by atoms with Crippen LogP contribution in [0.3, 0.4) is 0 Å². The molecule has 3 heterocycles. The van der Waals surface area contributed by atoms with Gasteiger partial charge in [0.25, 0.3) is 0 Å². The third-order valence-corrected chi connectivity index (χ3v) is 6.59. The Bertz CT molecular complexity index is 1300. The lowest BCUT2D eigenvalue weighted by atomic mass is 10.00. The molecule has 0 spiro atoms. The van der Waals surface area contributed by atoms with Gasteiger partial charge in [0.05, 0.1) is 12.6 Å². The third-order valence-electron chi connectivity index (χ3n) is 6.59. The summed E-state index contributed by atoms with van der Waals surface area (Å²) in [5, 5.41) is 1.08. The number of pyridine rings is 1. The van der Waals surface area contributed by atoms with Gasteiger partial charge in [-0.3, -0.25) is 0 Å². The van der Waals surface area contributed by atoms with Gasteiger partial charge in [0.15, 0.2) is 11.5 Å². The van der Waals surface area contributed by atoms with Gasteiger partial charge in [-0.1, -0.05) is 30.3 Å². The molecule has 34 heavy (non-hydrogen) atoms. The Morgan fingerprint density at radius 2 is 1.44 bits per heavy atom. The minimum Gasteiger partial charge on any atom is -0.497 e. The van der Waals surface area contributed by atoms with Crippen LogP contribution < -0.4 is 24.0 Å². The number of ether oxygens (including phenoxy) is 3. The monoisotopic (exact) mass is 453 g/mol. The number of nitrogens with zero attached hydrogens (tertiary/aromatic N) is 3. The van der Waals surface area contributed by atoms with Crippen molar-refractivity contribution in [3.05, 3.63) is 72.8 Å². The lowest BCUT2D eigenvalue weighted by molar-refractivity contribution is 0.172. The van der Waals surface area contributed by atoms with Gasteiger partial charge in [0.1, 0.15) is 24.8 Å². The highest BCUT2D eigenvalue weighted by atomic mass is 16.6. The molecule has 1 fully saturated rings. The molecule has 0 aliphatic carbocycles. The molecule has 0 unspecified atom stereocenters. The number of methoxy groups -OCH3 is 1. The van der Waals surface area contributed by atoms with Gasteiger partial charge in [0, 0.05) is 43.3 Å². The second-order valence-electron chi connectivity index (χ2n) is 8.58. The number of hydrogen-bond donors (Lipinski definition) is 0. The molecule has 4 aromatic rings. The standard InChI is InChI=1S/C28H27N3O3/c1-32-22-9-7-21(8-10-22)30-11-13-31(14-12-30)28-18-23(20-5-3-2-4-6-20)24-17-26-27(19-25(24)29-28)34-16-15-33-26/h2-10,17-19H,11-16H2,1H3. The average Bonchev–Trinajstić information content (AvgIpc) is 2.92. The Labute approximate surface area is 199 Å². The van der Waals surface area contributed by atoms with Crippen LogP contribution in [-0.4, -0.2) is 51.5 Å². The largest absolute Gasteiger partial charge is 0.497 e. The lowest BCUT2D eigenvalue weighted by Gasteiger charge is -2.37. The minimum atomic E-state index is 0.567. The Balaban J connectivity index is 1.33. The smallest absolute Gasteiger partial charge is 0.163 e. The van der Waals surface area contributed by atoms with Gasteiger partial charge in [-0.05, 0) is 47.5 Å². The Kier molecular flexibility index (Phi) is 5.34. The Morgan fingerprint density at radius 3 is 2.15 bits per heavy atom. The van der Waals surface area contributed by atoms with Crippen LogP contribution in [0.15, 0.2) is 72.8 Å². The number of aromatic nitrogens is 1. The van der Waals surface area contributed by atoms with Crippen LogP contribution >= 0.6 is 0 Å². The summed E-state index contributed by atoms with van der Waals surface area (Å²) >= 11 is 0. The van der Waals surface area contributed by atoms with Crippen molar-refractivity contribution >= 4 is 22.4 Å². The van der Waals surface area contributed by atoms with Crippen molar-refractivity contribution in [3.8, 4) is 28.4 Å². The molecule has 2 aliphatic heterocycles. The second-order valence-corrected chi connectivity index (χ2v) is 8.58. The minimum absolute atomic E-state index is 0.567. The first-order valence-electron chi connectivity index (χ1n) is 11.7. The highest BCUT2D eigenvalue weighted by Crippen LogP contribution is 2.39. The molecule has 0 saturated carbocycles. The van der Waals surface area contributed by atoms with E-state index in [4.69, 9.17) is 19.2 Å². The van der Waals surface area contributed by atoms with Crippen LogP contribution in [-0.2, 0) is 0 Å². The van der Waals surface area contributed by atoms with Gasteiger partial charge in [-0.15, -0.1) is 0 Å². The molecule has 172 valence electrons. The summed E-state index contributed by atoms with van der Waals surface area (Å²) in [4.78, 5) is 9.86. The zero-order valence-electron chi connectivity index (χ0n) is 19.2. The molecule has 2 aliphatic rings. The van der Waals surface area contributed by atoms with Crippen molar-refractivity contribution < 1.29 is 14.2 Å². The molecule has 6 heteroatoms. The SMILES string of the molecule is COc1ccc(N2CCN(c3cc(-c4ccccc4)c4cc5c(cc4n3)OCCO5)CC2)cc1. The van der Waals surface area contributed by atoms with E-state index in [0.29, 0.717) is 13.2 Å². The van der Waals surface area contributed by atoms with Crippen molar-refractivity contribution in [2.75, 3.05) is 56.3 Å². The first-order chi connectivity index (χ1) is 16.8. The van der Waals surface area contributed by atoms with Crippen molar-refractivity contribution in [1.29, 1.82) is 0 Å². The van der Waals surface area contributed by atoms with Gasteiger partial charge in [-0.2, -0.15) is 0 Å². The van der Waals surface area contributed by atoms with Gasteiger partial charge < -0.3 is 24.0 Å². The molecular formula is C28H27N3O3. The number of benzene rings is 3. The number of fused-ring (bicyclic) bond motifs is 2. The van der Waals surface area contributed by atoms with E-state index in [0.717, 1.165) is 65.7 Å². The normalized spacial score (nSPS) is 15.4. The summed E-state index contributed by atoms with van der Waals surface area (Å²) in [5.41, 5.74) is 4.48. The van der Waals surface area contributed by atoms with Crippen molar-refractivity contribution in [2.24, 2.45) is 0 Å². The second kappa shape index (κ2) is 8.78. The zero-order valence-corrected chi connectivity index (χ0v) is 19.2. The van der Waals surface area contributed by atoms with Gasteiger partial charge >= 0.3 is 0 Å². The van der Waals surface area contributed by atoms with Gasteiger partial charge in [0.2, 0.25) is 0 Å². The molecule has 1 saturated heterocycles. The van der Waals surface area contributed by atoms with E-state index in [-0.39, 0.29) is 0 Å². The fourth-order valence-corrected chi connectivity index (χ4v) is 4.75. The molecule has 0 amide bonds. The van der Waals surface area contributed by atoms with Crippen molar-refractivity contribution in [3.63, 3.8) is 0 Å². The maximum Gasteiger partial charge on any atom is 0.163 e. The first kappa shape index (κ1) is 20.7. The van der Waals surface area contributed by atoms with Crippen molar-refractivity contribution in [1.82, 2.24) is 4.98 Å². The van der Waals surface area contributed by atoms with Crippen LogP contribution in [0, 0.1) is 0 Å². The van der Waals surface area contributed by atoms with Crippen LogP contribution in [0.2, 0.25) is 0 Å². The number of piperazine rings is 1. The third kappa shape index (κ3) is 3.85. The van der Waals surface area contributed by atoms with Gasteiger partial charge in [-0.25, -0.2) is 4.98 Å². The summed E-state index contributed by atoms with van der Waals surface area (Å²) in [5.74, 6) is 3.44. The maximum atomic E-state index is 5.86. The molecule has 0 N–H and O–H groups in total. The summed E-state index contributed by atoms with van der Waals surface area (Å²) in [6, 6.07) is 25.1. The molecule has 0 radical (unpaired) electrons. The quantitative estimate of drug-likeness (QED) is 0.433. The van der Waals surface area contributed by atoms with Crippen molar-refractivity contribution in [2.45, 2.75) is 0 Å². The van der Waals surface area contributed by atoms with Crippen LogP contribution in [0.5, 0.6) is 17.2 Å². The average molecular weight is 454 g/mol. The molecule has 0 atom stereocenters. The molecule has 3 aromatic carbocycles. The molecular weight excluding hydrogens is 426 g/mol. The fourth-order valence-electron chi connectivity index (χ4n) is 4.75. The predicted molar refractivity (Wildman–Crippen MR) is 136 cm³/mol. The summed E-state index contributed by atoms with van der Waals surface area (Å²) in [6.07, 6.45) is 0. The van der Waals surface area contributed by atoms with E-state index in [1.54, 1.807) is 7.11 Å². The van der Waals surface area contributed by atoms with E-state index in [2.05, 4.69) is 58.3 Å². The zero-order chi connectivity index (χ0) is 22.9. The highest BCUT2D eigenvalue weighted by Gasteiger charge is 2.22. The van der Waals surface area contributed by atoms with Crippen LogP contribution in [0.25, 0.3) is 22.0 Å². The van der Waals surface area contributed by atoms with E-state index < -0.39 is 0 Å².